The lowest BCUT2D eigenvalue weighted by Crippen LogP contribution is -2.65. The van der Waals surface area contributed by atoms with Gasteiger partial charge in [0.25, 0.3) is 11.8 Å². The van der Waals surface area contributed by atoms with Crippen molar-refractivity contribution in [2.75, 3.05) is 11.4 Å². The zero-order valence-electron chi connectivity index (χ0n) is 22.8. The first-order chi connectivity index (χ1) is 19.7. The summed E-state index contributed by atoms with van der Waals surface area (Å²) < 4.78 is 50.9. The number of fused-ring (bicyclic) bond motifs is 3. The Morgan fingerprint density at radius 1 is 0.976 bits per heavy atom. The van der Waals surface area contributed by atoms with Gasteiger partial charge >= 0.3 is 6.43 Å². The smallest absolute Gasteiger partial charge is 0.315 e. The standard InChI is InChI=1S/C30H32F3N5O3/c31-22(32)25-35-26(37-41-25)29-9-6-27(7-10-29,8-11-29)17-38(21(39)13-28-14-30(33,15-28)16-28)20-3-1-2-19(12-20)24-34-23(36-40-24)18-4-5-18/h1-3,12,18,22H,4-11,13-17H2. The zero-order chi connectivity index (χ0) is 28.0. The van der Waals surface area contributed by atoms with Gasteiger partial charge in [-0.2, -0.15) is 18.7 Å². The Hall–Kier alpha value is -3.24. The molecule has 2 heterocycles. The van der Waals surface area contributed by atoms with Crippen LogP contribution in [-0.4, -0.2) is 38.4 Å². The number of nitrogens with zero attached hydrogens (tertiary/aromatic N) is 5. The molecule has 7 saturated carbocycles. The minimum atomic E-state index is -2.78. The molecule has 0 radical (unpaired) electrons. The van der Waals surface area contributed by atoms with Crippen molar-refractivity contribution < 1.29 is 27.0 Å². The molecule has 216 valence electrons. The molecule has 1 amide bonds. The topological polar surface area (TPSA) is 98.2 Å². The third kappa shape index (κ3) is 4.21. The summed E-state index contributed by atoms with van der Waals surface area (Å²) in [6.07, 6.45) is 5.93. The minimum absolute atomic E-state index is 0.0182. The van der Waals surface area contributed by atoms with E-state index in [1.54, 1.807) is 0 Å². The Morgan fingerprint density at radius 2 is 1.71 bits per heavy atom. The number of amides is 1. The molecule has 0 unspecified atom stereocenters. The highest BCUT2D eigenvalue weighted by Gasteiger charge is 2.69. The highest BCUT2D eigenvalue weighted by atomic mass is 19.3. The van der Waals surface area contributed by atoms with Crippen LogP contribution in [0.1, 0.15) is 107 Å². The molecule has 41 heavy (non-hydrogen) atoms. The second kappa shape index (κ2) is 8.64. The van der Waals surface area contributed by atoms with E-state index in [4.69, 9.17) is 9.05 Å². The highest BCUT2D eigenvalue weighted by Crippen LogP contribution is 2.71. The lowest BCUT2D eigenvalue weighted by molar-refractivity contribution is -0.215. The summed E-state index contributed by atoms with van der Waals surface area (Å²) in [5.41, 5.74) is -0.185. The number of hydrogen-bond donors (Lipinski definition) is 0. The number of halogens is 3. The summed E-state index contributed by atoms with van der Waals surface area (Å²) in [7, 11) is 0. The number of rotatable bonds is 9. The van der Waals surface area contributed by atoms with Gasteiger partial charge in [-0.1, -0.05) is 16.4 Å². The van der Waals surface area contributed by atoms with E-state index < -0.39 is 18.0 Å². The van der Waals surface area contributed by atoms with Crippen LogP contribution in [0.4, 0.5) is 18.9 Å². The lowest BCUT2D eigenvalue weighted by Gasteiger charge is -2.66. The molecule has 0 atom stereocenters. The lowest BCUT2D eigenvalue weighted by atomic mass is 9.41. The summed E-state index contributed by atoms with van der Waals surface area (Å²) in [4.78, 5) is 24.5. The number of alkyl halides is 3. The molecule has 8 nitrogen and oxygen atoms in total. The van der Waals surface area contributed by atoms with Gasteiger partial charge in [-0.3, -0.25) is 4.79 Å². The van der Waals surface area contributed by atoms with Gasteiger partial charge in [0.2, 0.25) is 5.91 Å². The van der Waals surface area contributed by atoms with Crippen LogP contribution in [-0.2, 0) is 10.2 Å². The summed E-state index contributed by atoms with van der Waals surface area (Å²) in [6, 6.07) is 7.70. The average molecular weight is 568 g/mol. The summed E-state index contributed by atoms with van der Waals surface area (Å²) in [5.74, 6) is 1.33. The molecule has 2 aromatic heterocycles. The molecule has 7 fully saturated rings. The highest BCUT2D eigenvalue weighted by molar-refractivity contribution is 5.94. The second-order valence-corrected chi connectivity index (χ2v) is 13.7. The Kier molecular flexibility index (Phi) is 5.37. The van der Waals surface area contributed by atoms with E-state index in [9.17, 15) is 18.0 Å². The zero-order valence-corrected chi connectivity index (χ0v) is 22.8. The van der Waals surface area contributed by atoms with Crippen molar-refractivity contribution in [3.8, 4) is 11.5 Å². The van der Waals surface area contributed by atoms with Gasteiger partial charge in [-0.05, 0) is 99.7 Å². The normalized spacial score (nSPS) is 33.5. The Balaban J connectivity index is 1.05. The van der Waals surface area contributed by atoms with Crippen LogP contribution in [0.2, 0.25) is 0 Å². The monoisotopic (exact) mass is 567 g/mol. The molecule has 0 spiro atoms. The van der Waals surface area contributed by atoms with Crippen molar-refractivity contribution in [2.24, 2.45) is 10.8 Å². The van der Waals surface area contributed by atoms with Crippen molar-refractivity contribution >= 4 is 11.6 Å². The number of anilines is 1. The van der Waals surface area contributed by atoms with E-state index in [0.717, 1.165) is 68.4 Å². The number of benzene rings is 1. The van der Waals surface area contributed by atoms with E-state index in [1.165, 1.54) is 0 Å². The number of carbonyl (C=O) groups excluding carboxylic acids is 1. The van der Waals surface area contributed by atoms with Crippen LogP contribution in [0.25, 0.3) is 11.5 Å². The van der Waals surface area contributed by atoms with Crippen molar-refractivity contribution in [2.45, 2.75) is 100 Å². The molecule has 0 N–H and O–H groups in total. The average Bonchev–Trinajstić information content (AvgIpc) is 3.44. The van der Waals surface area contributed by atoms with Gasteiger partial charge in [-0.15, -0.1) is 0 Å². The van der Waals surface area contributed by atoms with E-state index in [2.05, 4.69) is 20.3 Å². The van der Waals surface area contributed by atoms with E-state index in [-0.39, 0.29) is 22.2 Å². The molecule has 4 bridgehead atoms. The molecule has 1 aromatic carbocycles. The molecule has 10 rings (SSSR count). The first-order valence-electron chi connectivity index (χ1n) is 14.7. The van der Waals surface area contributed by atoms with Crippen LogP contribution in [0.5, 0.6) is 0 Å². The van der Waals surface area contributed by atoms with E-state index in [1.807, 2.05) is 29.2 Å². The molecular weight excluding hydrogens is 535 g/mol. The van der Waals surface area contributed by atoms with Gasteiger partial charge in [0.05, 0.1) is 0 Å². The fraction of sp³-hybridized carbons (Fsp3) is 0.633. The van der Waals surface area contributed by atoms with Gasteiger partial charge in [0, 0.05) is 35.5 Å². The Labute approximate surface area is 235 Å². The first kappa shape index (κ1) is 25.5. The predicted molar refractivity (Wildman–Crippen MR) is 140 cm³/mol. The molecular formula is C30H32F3N5O3. The first-order valence-corrected chi connectivity index (χ1v) is 14.7. The second-order valence-electron chi connectivity index (χ2n) is 13.7. The van der Waals surface area contributed by atoms with Crippen molar-refractivity contribution in [1.82, 2.24) is 20.3 Å². The number of carbonyl (C=O) groups is 1. The maximum Gasteiger partial charge on any atom is 0.315 e. The SMILES string of the molecule is O=C(CC12CC(F)(C1)C2)N(CC12CCC(c3noc(C(F)F)n3)(CC1)CC2)c1cccc(-c2nc(C3CC3)no2)c1. The van der Waals surface area contributed by atoms with Gasteiger partial charge < -0.3 is 13.9 Å². The number of aromatic nitrogens is 4. The molecule has 11 heteroatoms. The largest absolute Gasteiger partial charge is 0.334 e. The van der Waals surface area contributed by atoms with Gasteiger partial charge in [0.15, 0.2) is 11.6 Å². The molecule has 0 aliphatic heterocycles. The maximum absolute atomic E-state index is 14.3. The maximum atomic E-state index is 14.3. The molecule has 0 saturated heterocycles. The Morgan fingerprint density at radius 3 is 2.34 bits per heavy atom. The quantitative estimate of drug-likeness (QED) is 0.279. The third-order valence-electron chi connectivity index (χ3n) is 10.7. The van der Waals surface area contributed by atoms with Crippen LogP contribution < -0.4 is 4.90 Å². The van der Waals surface area contributed by atoms with Gasteiger partial charge in [0.1, 0.15) is 5.67 Å². The summed E-state index contributed by atoms with van der Waals surface area (Å²) >= 11 is 0. The minimum Gasteiger partial charge on any atom is -0.334 e. The fourth-order valence-electron chi connectivity index (χ4n) is 8.16. The van der Waals surface area contributed by atoms with Crippen LogP contribution in [0.15, 0.2) is 33.3 Å². The van der Waals surface area contributed by atoms with E-state index >= 15 is 0 Å². The summed E-state index contributed by atoms with van der Waals surface area (Å²) in [6.45, 7) is 0.550. The fourth-order valence-corrected chi connectivity index (χ4v) is 8.16. The van der Waals surface area contributed by atoms with Crippen molar-refractivity contribution in [3.05, 3.63) is 41.8 Å². The van der Waals surface area contributed by atoms with Crippen molar-refractivity contribution in [3.63, 3.8) is 0 Å². The van der Waals surface area contributed by atoms with E-state index in [0.29, 0.717) is 49.9 Å². The molecule has 7 aliphatic carbocycles. The van der Waals surface area contributed by atoms with Crippen molar-refractivity contribution in [1.29, 1.82) is 0 Å². The summed E-state index contributed by atoms with van der Waals surface area (Å²) in [5, 5.41) is 8.08. The predicted octanol–water partition coefficient (Wildman–Crippen LogP) is 6.84. The Bertz CT molecular complexity index is 1470. The van der Waals surface area contributed by atoms with Gasteiger partial charge in [-0.25, -0.2) is 4.39 Å². The number of hydrogen-bond acceptors (Lipinski definition) is 7. The van der Waals surface area contributed by atoms with Crippen LogP contribution in [0, 0.1) is 10.8 Å². The van der Waals surface area contributed by atoms with Crippen LogP contribution in [0.3, 0.4) is 0 Å². The third-order valence-corrected chi connectivity index (χ3v) is 10.7. The molecule has 3 aromatic rings. The van der Waals surface area contributed by atoms with Crippen LogP contribution >= 0.6 is 0 Å². The molecule has 7 aliphatic rings.